The van der Waals surface area contributed by atoms with E-state index >= 15 is 0 Å². The Labute approximate surface area is 139 Å². The molecule has 6 heteroatoms. The molecule has 0 saturated carbocycles. The molecule has 2 N–H and O–H groups in total. The van der Waals surface area contributed by atoms with Crippen molar-refractivity contribution >= 4 is 34.2 Å². The largest absolute Gasteiger partial charge is 0.384 e. The first-order valence-corrected chi connectivity index (χ1v) is 8.90. The number of Topliss-reactive ketones (excluding diaryl/α,β-unsaturated/α-hetero) is 1. The molecule has 0 atom stereocenters. The van der Waals surface area contributed by atoms with E-state index in [4.69, 9.17) is 0 Å². The number of hydrogen-bond acceptors (Lipinski definition) is 6. The average Bonchev–Trinajstić information content (AvgIpc) is 3.02. The van der Waals surface area contributed by atoms with Gasteiger partial charge in [-0.25, -0.2) is 4.98 Å². The van der Waals surface area contributed by atoms with Gasteiger partial charge in [-0.3, -0.25) is 4.79 Å². The lowest BCUT2D eigenvalue weighted by Crippen LogP contribution is -2.23. The molecule has 22 heavy (non-hydrogen) atoms. The van der Waals surface area contributed by atoms with Gasteiger partial charge in [-0.05, 0) is 43.8 Å². The zero-order valence-electron chi connectivity index (χ0n) is 12.9. The molecular formula is C16H20N2O2S2. The molecule has 0 bridgehead atoms. The highest BCUT2D eigenvalue weighted by Gasteiger charge is 2.27. The quantitative estimate of drug-likeness (QED) is 0.577. The minimum atomic E-state index is -0.852. The van der Waals surface area contributed by atoms with Crippen LogP contribution in [0, 0.1) is 0 Å². The lowest BCUT2D eigenvalue weighted by atomic mass is 9.94. The molecular weight excluding hydrogens is 316 g/mol. The Morgan fingerprint density at radius 2 is 2.14 bits per heavy atom. The maximum atomic E-state index is 11.4. The SMILES string of the molecule is CCC(O)(CC)c1csc(NSc2cccc(C(C)=O)c2)n1. The lowest BCUT2D eigenvalue weighted by Gasteiger charge is -2.22. The van der Waals surface area contributed by atoms with Crippen LogP contribution in [0.25, 0.3) is 0 Å². The van der Waals surface area contributed by atoms with Crippen molar-refractivity contribution in [3.05, 3.63) is 40.9 Å². The molecule has 118 valence electrons. The number of hydrogen-bond donors (Lipinski definition) is 2. The van der Waals surface area contributed by atoms with Crippen molar-refractivity contribution in [2.24, 2.45) is 0 Å². The van der Waals surface area contributed by atoms with E-state index in [0.717, 1.165) is 10.0 Å². The van der Waals surface area contributed by atoms with Crippen LogP contribution in [0.4, 0.5) is 5.13 Å². The number of aromatic nitrogens is 1. The van der Waals surface area contributed by atoms with Crippen molar-refractivity contribution < 1.29 is 9.90 Å². The summed E-state index contributed by atoms with van der Waals surface area (Å²) in [4.78, 5) is 16.8. The van der Waals surface area contributed by atoms with Gasteiger partial charge in [0.2, 0.25) is 0 Å². The van der Waals surface area contributed by atoms with Crippen molar-refractivity contribution in [2.45, 2.75) is 44.1 Å². The standard InChI is InChI=1S/C16H20N2O2S2/c1-4-16(20,5-2)14-10-21-15(17-14)18-22-13-8-6-7-12(9-13)11(3)19/h6-10,20H,4-5H2,1-3H3,(H,17,18). The predicted octanol–water partition coefficient (Wildman–Crippen LogP) is 4.47. The highest BCUT2D eigenvalue weighted by Crippen LogP contribution is 2.32. The van der Waals surface area contributed by atoms with Gasteiger partial charge in [-0.2, -0.15) is 0 Å². The Bertz CT molecular complexity index is 651. The van der Waals surface area contributed by atoms with Crippen LogP contribution in [0.3, 0.4) is 0 Å². The van der Waals surface area contributed by atoms with Gasteiger partial charge in [0.25, 0.3) is 0 Å². The number of benzene rings is 1. The summed E-state index contributed by atoms with van der Waals surface area (Å²) >= 11 is 2.88. The molecule has 0 spiro atoms. The van der Waals surface area contributed by atoms with Crippen LogP contribution in [0.5, 0.6) is 0 Å². The van der Waals surface area contributed by atoms with Crippen molar-refractivity contribution in [3.8, 4) is 0 Å². The van der Waals surface area contributed by atoms with Crippen molar-refractivity contribution in [1.82, 2.24) is 4.98 Å². The van der Waals surface area contributed by atoms with Crippen LogP contribution in [0.2, 0.25) is 0 Å². The fraction of sp³-hybridized carbons (Fsp3) is 0.375. The molecule has 0 aliphatic heterocycles. The first-order valence-electron chi connectivity index (χ1n) is 7.20. The maximum absolute atomic E-state index is 11.4. The lowest BCUT2D eigenvalue weighted by molar-refractivity contribution is 0.0247. The third kappa shape index (κ3) is 3.88. The average molecular weight is 336 g/mol. The van der Waals surface area contributed by atoms with Crippen molar-refractivity contribution in [3.63, 3.8) is 0 Å². The molecule has 1 aromatic heterocycles. The molecule has 0 unspecified atom stereocenters. The van der Waals surface area contributed by atoms with E-state index in [2.05, 4.69) is 9.71 Å². The second-order valence-electron chi connectivity index (χ2n) is 5.06. The minimum Gasteiger partial charge on any atom is -0.384 e. The van der Waals surface area contributed by atoms with Crippen molar-refractivity contribution in [1.29, 1.82) is 0 Å². The topological polar surface area (TPSA) is 62.2 Å². The zero-order chi connectivity index (χ0) is 16.2. The number of rotatable bonds is 7. The first-order chi connectivity index (χ1) is 10.5. The number of carbonyl (C=O) groups excluding carboxylic acids is 1. The summed E-state index contributed by atoms with van der Waals surface area (Å²) in [5.74, 6) is 0.0509. The minimum absolute atomic E-state index is 0.0509. The highest BCUT2D eigenvalue weighted by atomic mass is 32.2. The number of nitrogens with zero attached hydrogens (tertiary/aromatic N) is 1. The summed E-state index contributed by atoms with van der Waals surface area (Å²) in [6.45, 7) is 5.47. The number of anilines is 1. The Kier molecular flexibility index (Phi) is 5.61. The van der Waals surface area contributed by atoms with Crippen molar-refractivity contribution in [2.75, 3.05) is 4.72 Å². The Morgan fingerprint density at radius 3 is 2.77 bits per heavy atom. The summed E-state index contributed by atoms with van der Waals surface area (Å²) in [7, 11) is 0. The van der Waals surface area contributed by atoms with Gasteiger partial charge in [0.05, 0.1) is 5.69 Å². The Balaban J connectivity index is 2.05. The molecule has 0 aliphatic carbocycles. The summed E-state index contributed by atoms with van der Waals surface area (Å²) in [6.07, 6.45) is 1.28. The van der Waals surface area contributed by atoms with E-state index in [1.807, 2.05) is 37.4 Å². The maximum Gasteiger partial charge on any atom is 0.193 e. The first kappa shape index (κ1) is 17.0. The van der Waals surface area contributed by atoms with Crippen LogP contribution in [-0.4, -0.2) is 15.9 Å². The predicted molar refractivity (Wildman–Crippen MR) is 92.5 cm³/mol. The summed E-state index contributed by atoms with van der Waals surface area (Å²) < 4.78 is 3.17. The molecule has 1 aromatic carbocycles. The van der Waals surface area contributed by atoms with E-state index in [9.17, 15) is 9.90 Å². The van der Waals surface area contributed by atoms with Crippen LogP contribution in [-0.2, 0) is 5.60 Å². The van der Waals surface area contributed by atoms with E-state index in [1.54, 1.807) is 13.0 Å². The van der Waals surface area contributed by atoms with Crippen LogP contribution < -0.4 is 4.72 Å². The number of carbonyl (C=O) groups is 1. The number of nitrogens with one attached hydrogen (secondary N) is 1. The van der Waals surface area contributed by atoms with E-state index in [0.29, 0.717) is 24.1 Å². The monoisotopic (exact) mass is 336 g/mol. The molecule has 2 rings (SSSR count). The second kappa shape index (κ2) is 7.26. The third-order valence-electron chi connectivity index (χ3n) is 3.65. The number of thiazole rings is 1. The second-order valence-corrected chi connectivity index (χ2v) is 6.80. The summed E-state index contributed by atoms with van der Waals surface area (Å²) in [5.41, 5.74) is 0.552. The fourth-order valence-corrected chi connectivity index (χ4v) is 3.57. The van der Waals surface area contributed by atoms with Gasteiger partial charge in [-0.15, -0.1) is 11.3 Å². The molecule has 1 heterocycles. The Hall–Kier alpha value is -1.37. The van der Waals surface area contributed by atoms with Crippen LogP contribution >= 0.6 is 23.3 Å². The van der Waals surface area contributed by atoms with E-state index in [-0.39, 0.29) is 5.78 Å². The summed E-state index contributed by atoms with van der Waals surface area (Å²) in [6, 6.07) is 7.45. The molecule has 0 amide bonds. The van der Waals surface area contributed by atoms with Gasteiger partial charge in [0.15, 0.2) is 10.9 Å². The van der Waals surface area contributed by atoms with Crippen LogP contribution in [0.1, 0.15) is 49.7 Å². The highest BCUT2D eigenvalue weighted by molar-refractivity contribution is 8.00. The zero-order valence-corrected chi connectivity index (χ0v) is 14.6. The van der Waals surface area contributed by atoms with Gasteiger partial charge in [-0.1, -0.05) is 26.0 Å². The van der Waals surface area contributed by atoms with Gasteiger partial charge in [0, 0.05) is 15.8 Å². The van der Waals surface area contributed by atoms with Crippen LogP contribution in [0.15, 0.2) is 34.5 Å². The van der Waals surface area contributed by atoms with E-state index < -0.39 is 5.60 Å². The number of aliphatic hydroxyl groups is 1. The molecule has 4 nitrogen and oxygen atoms in total. The summed E-state index contributed by atoms with van der Waals surface area (Å²) in [5, 5.41) is 13.1. The van der Waals surface area contributed by atoms with Gasteiger partial charge >= 0.3 is 0 Å². The molecule has 0 aliphatic rings. The molecule has 0 saturated heterocycles. The number of ketones is 1. The molecule has 0 fully saturated rings. The van der Waals surface area contributed by atoms with Gasteiger partial charge in [0.1, 0.15) is 5.60 Å². The third-order valence-corrected chi connectivity index (χ3v) is 5.32. The smallest absolute Gasteiger partial charge is 0.193 e. The fourth-order valence-electron chi connectivity index (χ4n) is 2.03. The Morgan fingerprint density at radius 1 is 1.41 bits per heavy atom. The van der Waals surface area contributed by atoms with E-state index in [1.165, 1.54) is 23.3 Å². The molecule has 0 radical (unpaired) electrons. The van der Waals surface area contributed by atoms with Gasteiger partial charge < -0.3 is 9.83 Å². The normalized spacial score (nSPS) is 11.5. The molecule has 2 aromatic rings.